The maximum atomic E-state index is 11.2. The molecule has 1 N–H and O–H groups in total. The molecule has 0 amide bonds. The molecule has 1 rings (SSSR count). The summed E-state index contributed by atoms with van der Waals surface area (Å²) in [6.45, 7) is 3.79. The minimum Gasteiger partial charge on any atom is -0.268 e. The first-order valence-corrected chi connectivity index (χ1v) is 4.82. The molecular formula is C7H10N4OS. The van der Waals surface area contributed by atoms with Gasteiger partial charge in [0.15, 0.2) is 5.16 Å². The minimum absolute atomic E-state index is 0.0624. The van der Waals surface area contributed by atoms with E-state index in [1.54, 1.807) is 0 Å². The van der Waals surface area contributed by atoms with Crippen LogP contribution >= 0.6 is 11.8 Å². The predicted octanol–water partition coefficient (Wildman–Crippen LogP) is 0.768. The van der Waals surface area contributed by atoms with Gasteiger partial charge in [-0.3, -0.25) is 4.57 Å². The Kier molecular flexibility index (Phi) is 3.14. The third kappa shape index (κ3) is 2.12. The maximum absolute atomic E-state index is 11.2. The summed E-state index contributed by atoms with van der Waals surface area (Å²) < 4.78 is 1.53. The fourth-order valence-corrected chi connectivity index (χ4v) is 1.68. The van der Waals surface area contributed by atoms with E-state index in [1.165, 1.54) is 16.3 Å². The van der Waals surface area contributed by atoms with Crippen LogP contribution in [0.4, 0.5) is 0 Å². The molecular weight excluding hydrogens is 188 g/mol. The number of nitriles is 1. The van der Waals surface area contributed by atoms with Gasteiger partial charge in [-0.05, 0) is 13.8 Å². The maximum Gasteiger partial charge on any atom is 0.344 e. The van der Waals surface area contributed by atoms with E-state index in [9.17, 15) is 4.79 Å². The molecule has 13 heavy (non-hydrogen) atoms. The van der Waals surface area contributed by atoms with Gasteiger partial charge in [0.25, 0.3) is 0 Å². The van der Waals surface area contributed by atoms with E-state index in [2.05, 4.69) is 10.2 Å². The molecule has 70 valence electrons. The van der Waals surface area contributed by atoms with Crippen molar-refractivity contribution < 1.29 is 0 Å². The number of aromatic amines is 1. The summed E-state index contributed by atoms with van der Waals surface area (Å²) in [6.07, 6.45) is 0. The Morgan fingerprint density at radius 3 is 3.00 bits per heavy atom. The van der Waals surface area contributed by atoms with Crippen LogP contribution in [0.1, 0.15) is 19.9 Å². The number of H-pyrrole nitrogens is 1. The van der Waals surface area contributed by atoms with Gasteiger partial charge in [0, 0.05) is 6.04 Å². The highest BCUT2D eigenvalue weighted by atomic mass is 32.2. The lowest BCUT2D eigenvalue weighted by Crippen LogP contribution is -2.19. The molecule has 0 radical (unpaired) electrons. The third-order valence-corrected chi connectivity index (χ3v) is 2.27. The van der Waals surface area contributed by atoms with Gasteiger partial charge in [0.2, 0.25) is 0 Å². The summed E-state index contributed by atoms with van der Waals surface area (Å²) in [5.41, 5.74) is -0.226. The average molecular weight is 198 g/mol. The average Bonchev–Trinajstić information content (AvgIpc) is 2.43. The van der Waals surface area contributed by atoms with Gasteiger partial charge < -0.3 is 0 Å². The Morgan fingerprint density at radius 2 is 2.46 bits per heavy atom. The Morgan fingerprint density at radius 1 is 1.77 bits per heavy atom. The van der Waals surface area contributed by atoms with Crippen LogP contribution < -0.4 is 5.69 Å². The van der Waals surface area contributed by atoms with Crippen LogP contribution in [-0.2, 0) is 0 Å². The van der Waals surface area contributed by atoms with Gasteiger partial charge in [0.1, 0.15) is 0 Å². The lowest BCUT2D eigenvalue weighted by molar-refractivity contribution is 0.534. The molecule has 0 atom stereocenters. The van der Waals surface area contributed by atoms with Crippen LogP contribution in [0.3, 0.4) is 0 Å². The fourth-order valence-electron chi connectivity index (χ4n) is 0.944. The Balaban J connectivity index is 2.95. The van der Waals surface area contributed by atoms with Gasteiger partial charge in [0.05, 0.1) is 11.8 Å². The van der Waals surface area contributed by atoms with Gasteiger partial charge in [-0.15, -0.1) is 5.10 Å². The van der Waals surface area contributed by atoms with E-state index in [-0.39, 0.29) is 11.7 Å². The van der Waals surface area contributed by atoms with Crippen molar-refractivity contribution >= 4 is 11.8 Å². The van der Waals surface area contributed by atoms with Crippen molar-refractivity contribution in [1.82, 2.24) is 14.8 Å². The lowest BCUT2D eigenvalue weighted by atomic mass is 10.4. The Labute approximate surface area is 79.8 Å². The number of nitrogens with zero attached hydrogens (tertiary/aromatic N) is 3. The summed E-state index contributed by atoms with van der Waals surface area (Å²) >= 11 is 1.26. The fraction of sp³-hybridized carbons (Fsp3) is 0.571. The second-order valence-electron chi connectivity index (χ2n) is 2.72. The molecule has 0 bridgehead atoms. The molecule has 1 aromatic heterocycles. The molecule has 0 aliphatic carbocycles. The second kappa shape index (κ2) is 4.14. The highest BCUT2D eigenvalue weighted by Crippen LogP contribution is 2.15. The van der Waals surface area contributed by atoms with Gasteiger partial charge in [-0.2, -0.15) is 5.26 Å². The largest absolute Gasteiger partial charge is 0.344 e. The molecule has 0 saturated heterocycles. The first-order valence-electron chi connectivity index (χ1n) is 3.83. The molecule has 1 heterocycles. The van der Waals surface area contributed by atoms with Crippen LogP contribution in [0.5, 0.6) is 0 Å². The first-order chi connectivity index (χ1) is 6.16. The van der Waals surface area contributed by atoms with Crippen molar-refractivity contribution in [2.45, 2.75) is 25.0 Å². The SMILES string of the molecule is CC(C)n1c(SCC#N)n[nH]c1=O. The normalized spacial score (nSPS) is 10.3. The smallest absolute Gasteiger partial charge is 0.268 e. The first kappa shape index (κ1) is 9.86. The number of hydrogen-bond donors (Lipinski definition) is 1. The van der Waals surface area contributed by atoms with Crippen molar-refractivity contribution in [3.8, 4) is 6.07 Å². The molecule has 0 saturated carbocycles. The number of aromatic nitrogens is 3. The van der Waals surface area contributed by atoms with Gasteiger partial charge in [-0.1, -0.05) is 11.8 Å². The minimum atomic E-state index is -0.226. The zero-order chi connectivity index (χ0) is 9.84. The zero-order valence-corrected chi connectivity index (χ0v) is 8.26. The number of thioether (sulfide) groups is 1. The summed E-state index contributed by atoms with van der Waals surface area (Å²) in [5, 5.41) is 15.1. The monoisotopic (exact) mass is 198 g/mol. The van der Waals surface area contributed by atoms with E-state index in [1.807, 2.05) is 19.9 Å². The van der Waals surface area contributed by atoms with Crippen molar-refractivity contribution in [2.75, 3.05) is 5.75 Å². The molecule has 0 aromatic carbocycles. The molecule has 0 fully saturated rings. The number of nitrogens with one attached hydrogen (secondary N) is 1. The van der Waals surface area contributed by atoms with Crippen LogP contribution in [0.25, 0.3) is 0 Å². The summed E-state index contributed by atoms with van der Waals surface area (Å²) in [7, 11) is 0. The summed E-state index contributed by atoms with van der Waals surface area (Å²) in [6, 6.07) is 2.05. The zero-order valence-electron chi connectivity index (χ0n) is 7.44. The van der Waals surface area contributed by atoms with Crippen molar-refractivity contribution in [1.29, 1.82) is 5.26 Å². The van der Waals surface area contributed by atoms with Gasteiger partial charge in [-0.25, -0.2) is 9.89 Å². The topological polar surface area (TPSA) is 74.5 Å². The second-order valence-corrected chi connectivity index (χ2v) is 3.66. The van der Waals surface area contributed by atoms with Crippen molar-refractivity contribution in [3.63, 3.8) is 0 Å². The van der Waals surface area contributed by atoms with Crippen molar-refractivity contribution in [2.24, 2.45) is 0 Å². The molecule has 0 spiro atoms. The van der Waals surface area contributed by atoms with Crippen molar-refractivity contribution in [3.05, 3.63) is 10.5 Å². The van der Waals surface area contributed by atoms with E-state index < -0.39 is 0 Å². The predicted molar refractivity (Wildman–Crippen MR) is 49.6 cm³/mol. The standard InChI is InChI=1S/C7H10N4OS/c1-5(2)11-6(12)9-10-7(11)13-4-3-8/h5H,4H2,1-2H3,(H,9,12). The molecule has 6 heteroatoms. The molecule has 0 aliphatic heterocycles. The number of hydrogen-bond acceptors (Lipinski definition) is 4. The van der Waals surface area contributed by atoms with E-state index in [0.29, 0.717) is 10.9 Å². The molecule has 5 nitrogen and oxygen atoms in total. The van der Waals surface area contributed by atoms with E-state index >= 15 is 0 Å². The van der Waals surface area contributed by atoms with Crippen LogP contribution in [0, 0.1) is 11.3 Å². The van der Waals surface area contributed by atoms with Crippen LogP contribution in [0.15, 0.2) is 9.95 Å². The number of rotatable bonds is 3. The van der Waals surface area contributed by atoms with Crippen LogP contribution in [-0.4, -0.2) is 20.5 Å². The Hall–Kier alpha value is -1.22. The van der Waals surface area contributed by atoms with E-state index in [4.69, 9.17) is 5.26 Å². The summed E-state index contributed by atoms with van der Waals surface area (Å²) in [4.78, 5) is 11.2. The van der Waals surface area contributed by atoms with Crippen LogP contribution in [0.2, 0.25) is 0 Å². The lowest BCUT2D eigenvalue weighted by Gasteiger charge is -2.06. The molecule has 0 unspecified atom stereocenters. The summed E-state index contributed by atoms with van der Waals surface area (Å²) in [5.74, 6) is 0.303. The van der Waals surface area contributed by atoms with Gasteiger partial charge >= 0.3 is 5.69 Å². The highest BCUT2D eigenvalue weighted by Gasteiger charge is 2.10. The highest BCUT2D eigenvalue weighted by molar-refractivity contribution is 7.99. The molecule has 1 aromatic rings. The Bertz CT molecular complexity index is 373. The quantitative estimate of drug-likeness (QED) is 0.728. The molecule has 0 aliphatic rings. The van der Waals surface area contributed by atoms with E-state index in [0.717, 1.165) is 0 Å². The third-order valence-electron chi connectivity index (χ3n) is 1.45.